The first-order valence-electron chi connectivity index (χ1n) is 27.8. The molecule has 0 atom stereocenters. The van der Waals surface area contributed by atoms with E-state index in [2.05, 4.69) is 246 Å². The van der Waals surface area contributed by atoms with E-state index in [1.807, 2.05) is 30.3 Å². The predicted octanol–water partition coefficient (Wildman–Crippen LogP) is 22.5. The summed E-state index contributed by atoms with van der Waals surface area (Å²) in [5.41, 5.74) is 15.0. The summed E-state index contributed by atoms with van der Waals surface area (Å²) in [5, 5.41) is 17.8. The summed E-state index contributed by atoms with van der Waals surface area (Å²) in [6.45, 7) is 0. The van der Waals surface area contributed by atoms with Crippen molar-refractivity contribution in [1.82, 2.24) is 0 Å². The largest absolute Gasteiger partial charge is 0.456 e. The average Bonchev–Trinajstić information content (AvgIpc) is 3.33. The van der Waals surface area contributed by atoms with Crippen molar-refractivity contribution < 1.29 is 17.7 Å². The molecular formula is C76H44N2O4. The SMILES string of the molecule is c1ccc2c(c1)cc(N(c1ccc3oc4cc(-c5ccc6c(c5)cc(N(c5ccc7c(c5)oc5ccccc57)c5cccc7oc8ccccc8c57)c5ccccc56)ccc4c3c1)c1cccc3oc4ccccc4c13)c1ccccc12. The van der Waals surface area contributed by atoms with E-state index < -0.39 is 0 Å². The van der Waals surface area contributed by atoms with Crippen LogP contribution in [0.4, 0.5) is 34.1 Å². The summed E-state index contributed by atoms with van der Waals surface area (Å²) in [6, 6.07) is 95.2. The van der Waals surface area contributed by atoms with Crippen LogP contribution < -0.4 is 9.80 Å². The Balaban J connectivity index is 0.805. The Morgan fingerprint density at radius 2 is 0.598 bits per heavy atom. The minimum absolute atomic E-state index is 0.821. The van der Waals surface area contributed by atoms with Crippen molar-refractivity contribution in [2.45, 2.75) is 0 Å². The van der Waals surface area contributed by atoms with Crippen molar-refractivity contribution >= 4 is 165 Å². The minimum atomic E-state index is 0.821. The Bertz CT molecular complexity index is 5700. The van der Waals surface area contributed by atoms with Crippen LogP contribution in [0.2, 0.25) is 0 Å². The van der Waals surface area contributed by atoms with E-state index in [0.717, 1.165) is 155 Å². The van der Waals surface area contributed by atoms with Crippen LogP contribution in [-0.2, 0) is 0 Å². The first-order chi connectivity index (χ1) is 40.6. The first-order valence-corrected chi connectivity index (χ1v) is 27.8. The fourth-order valence-corrected chi connectivity index (χ4v) is 13.3. The van der Waals surface area contributed by atoms with Gasteiger partial charge in [-0.05, 0) is 147 Å². The fraction of sp³-hybridized carbons (Fsp3) is 0. The molecule has 0 amide bonds. The van der Waals surface area contributed by atoms with Gasteiger partial charge in [0.25, 0.3) is 0 Å². The third-order valence-corrected chi connectivity index (χ3v) is 17.0. The minimum Gasteiger partial charge on any atom is -0.456 e. The quantitative estimate of drug-likeness (QED) is 0.148. The highest BCUT2D eigenvalue weighted by molar-refractivity contribution is 6.21. The molecule has 382 valence electrons. The number of hydrogen-bond acceptors (Lipinski definition) is 6. The lowest BCUT2D eigenvalue weighted by atomic mass is 9.95. The molecule has 82 heavy (non-hydrogen) atoms. The molecular weight excluding hydrogens is 1000 g/mol. The maximum Gasteiger partial charge on any atom is 0.137 e. The Labute approximate surface area is 468 Å². The Morgan fingerprint density at radius 1 is 0.195 bits per heavy atom. The molecule has 0 spiro atoms. The lowest BCUT2D eigenvalue weighted by Gasteiger charge is -2.28. The lowest BCUT2D eigenvalue weighted by molar-refractivity contribution is 0.668. The molecule has 18 aromatic rings. The van der Waals surface area contributed by atoms with Gasteiger partial charge in [-0.3, -0.25) is 0 Å². The van der Waals surface area contributed by atoms with E-state index >= 15 is 0 Å². The van der Waals surface area contributed by atoms with E-state index in [0.29, 0.717) is 0 Å². The average molecular weight is 1050 g/mol. The van der Waals surface area contributed by atoms with Crippen molar-refractivity contribution in [3.8, 4) is 11.1 Å². The van der Waals surface area contributed by atoms with Crippen LogP contribution in [0.5, 0.6) is 0 Å². The van der Waals surface area contributed by atoms with E-state index in [-0.39, 0.29) is 0 Å². The van der Waals surface area contributed by atoms with Crippen molar-refractivity contribution in [3.05, 3.63) is 267 Å². The Morgan fingerprint density at radius 3 is 1.24 bits per heavy atom. The molecule has 0 N–H and O–H groups in total. The lowest BCUT2D eigenvalue weighted by Crippen LogP contribution is -2.11. The van der Waals surface area contributed by atoms with Crippen LogP contribution in [0.15, 0.2) is 285 Å². The number of para-hydroxylation sites is 3. The number of nitrogens with zero attached hydrogens (tertiary/aromatic N) is 2. The van der Waals surface area contributed by atoms with Gasteiger partial charge in [-0.25, -0.2) is 0 Å². The molecule has 0 aliphatic heterocycles. The van der Waals surface area contributed by atoms with Gasteiger partial charge in [0.1, 0.15) is 44.7 Å². The second kappa shape index (κ2) is 17.2. The van der Waals surface area contributed by atoms with Crippen molar-refractivity contribution in [1.29, 1.82) is 0 Å². The highest BCUT2D eigenvalue weighted by Crippen LogP contribution is 2.50. The number of benzene rings is 14. The van der Waals surface area contributed by atoms with Crippen LogP contribution in [0.3, 0.4) is 0 Å². The standard InChI is InChI=1S/C76H44N2O4/c1-2-16-51-47(15-1)40-65(55-19-5-3-17-53(51)55)77(63-24-13-29-71-75(63)60-22-8-11-27-68(60)79-71)49-34-38-70-62(43-49)59-36-32-46(42-73(59)82-70)45-31-35-52-48(39-45)41-66(56-20-6-4-18-54(52)56)78(50-33-37-58-57-21-7-10-26-67(57)81-74(58)44-50)64-25-14-30-72-76(64)61-23-9-12-28-69(61)80-72/h1-44H. The topological polar surface area (TPSA) is 59.0 Å². The zero-order valence-corrected chi connectivity index (χ0v) is 43.9. The number of furan rings is 4. The highest BCUT2D eigenvalue weighted by Gasteiger charge is 2.26. The van der Waals surface area contributed by atoms with Crippen LogP contribution in [0.25, 0.3) is 142 Å². The molecule has 0 unspecified atom stereocenters. The van der Waals surface area contributed by atoms with Gasteiger partial charge < -0.3 is 27.5 Å². The number of hydrogen-bond donors (Lipinski definition) is 0. The number of rotatable bonds is 7. The van der Waals surface area contributed by atoms with Crippen molar-refractivity contribution in [2.75, 3.05) is 9.80 Å². The van der Waals surface area contributed by atoms with Crippen LogP contribution in [0.1, 0.15) is 0 Å². The van der Waals surface area contributed by atoms with Crippen molar-refractivity contribution in [3.63, 3.8) is 0 Å². The molecule has 0 fully saturated rings. The summed E-state index contributed by atoms with van der Waals surface area (Å²) in [6.07, 6.45) is 0. The van der Waals surface area contributed by atoms with Gasteiger partial charge in [-0.1, -0.05) is 158 Å². The smallest absolute Gasteiger partial charge is 0.137 e. The van der Waals surface area contributed by atoms with Gasteiger partial charge in [0.2, 0.25) is 0 Å². The summed E-state index contributed by atoms with van der Waals surface area (Å²) in [4.78, 5) is 4.80. The normalized spacial score (nSPS) is 12.1. The molecule has 18 rings (SSSR count). The van der Waals surface area contributed by atoms with Crippen molar-refractivity contribution in [2.24, 2.45) is 0 Å². The predicted molar refractivity (Wildman–Crippen MR) is 340 cm³/mol. The molecule has 0 aliphatic rings. The van der Waals surface area contributed by atoms with E-state index in [1.165, 1.54) is 21.5 Å². The maximum absolute atomic E-state index is 6.85. The van der Waals surface area contributed by atoms with Gasteiger partial charge in [0, 0.05) is 60.5 Å². The Hall–Kier alpha value is -11.1. The zero-order valence-electron chi connectivity index (χ0n) is 43.9. The third kappa shape index (κ3) is 6.63. The molecule has 14 aromatic carbocycles. The van der Waals surface area contributed by atoms with Gasteiger partial charge in [-0.15, -0.1) is 0 Å². The third-order valence-electron chi connectivity index (χ3n) is 17.0. The molecule has 4 aromatic heterocycles. The monoisotopic (exact) mass is 1050 g/mol. The first kappa shape index (κ1) is 44.9. The maximum atomic E-state index is 6.85. The van der Waals surface area contributed by atoms with Crippen LogP contribution in [0, 0.1) is 0 Å². The number of fused-ring (bicyclic) bond motifs is 18. The summed E-state index contributed by atoms with van der Waals surface area (Å²) in [5.74, 6) is 0. The summed E-state index contributed by atoms with van der Waals surface area (Å²) >= 11 is 0. The van der Waals surface area contributed by atoms with E-state index in [9.17, 15) is 0 Å². The van der Waals surface area contributed by atoms with E-state index in [1.54, 1.807) is 0 Å². The molecule has 0 radical (unpaired) electrons. The Kier molecular flexibility index (Phi) is 9.41. The van der Waals surface area contributed by atoms with Gasteiger partial charge in [-0.2, -0.15) is 0 Å². The van der Waals surface area contributed by atoms with Crippen LogP contribution in [-0.4, -0.2) is 0 Å². The number of anilines is 6. The van der Waals surface area contributed by atoms with Gasteiger partial charge >= 0.3 is 0 Å². The second-order valence-corrected chi connectivity index (χ2v) is 21.5. The van der Waals surface area contributed by atoms with Gasteiger partial charge in [0.15, 0.2) is 0 Å². The molecule has 6 nitrogen and oxygen atoms in total. The highest BCUT2D eigenvalue weighted by atomic mass is 16.3. The molecule has 4 heterocycles. The second-order valence-electron chi connectivity index (χ2n) is 21.5. The van der Waals surface area contributed by atoms with Crippen LogP contribution >= 0.6 is 0 Å². The molecule has 0 saturated heterocycles. The summed E-state index contributed by atoms with van der Waals surface area (Å²) in [7, 11) is 0. The zero-order chi connectivity index (χ0) is 53.6. The molecule has 6 heteroatoms. The molecule has 0 saturated carbocycles. The fourth-order valence-electron chi connectivity index (χ4n) is 13.3. The molecule has 0 aliphatic carbocycles. The van der Waals surface area contributed by atoms with E-state index in [4.69, 9.17) is 17.7 Å². The molecule has 0 bridgehead atoms. The van der Waals surface area contributed by atoms with Gasteiger partial charge in [0.05, 0.1) is 33.5 Å². The summed E-state index contributed by atoms with van der Waals surface area (Å²) < 4.78 is 26.5.